The first-order chi connectivity index (χ1) is 7.65. The summed E-state index contributed by atoms with van der Waals surface area (Å²) >= 11 is 5.62. The van der Waals surface area contributed by atoms with Crippen molar-refractivity contribution in [1.82, 2.24) is 5.32 Å². The van der Waals surface area contributed by atoms with Gasteiger partial charge in [0.1, 0.15) is 0 Å². The van der Waals surface area contributed by atoms with Gasteiger partial charge in [-0.2, -0.15) is 0 Å². The summed E-state index contributed by atoms with van der Waals surface area (Å²) < 4.78 is 5.44. The Morgan fingerprint density at radius 1 is 1.69 bits per heavy atom. The van der Waals surface area contributed by atoms with Crippen LogP contribution in [0.5, 0.6) is 0 Å². The average molecular weight is 257 g/mol. The molecule has 1 saturated heterocycles. The lowest BCUT2D eigenvalue weighted by molar-refractivity contribution is 0.0137. The molecule has 3 nitrogen and oxygen atoms in total. The van der Waals surface area contributed by atoms with Gasteiger partial charge in [0, 0.05) is 22.9 Å². The van der Waals surface area contributed by atoms with Crippen molar-refractivity contribution in [1.29, 1.82) is 0 Å². The molecule has 0 spiro atoms. The van der Waals surface area contributed by atoms with Crippen molar-refractivity contribution >= 4 is 29.9 Å². The highest BCUT2D eigenvalue weighted by atomic mass is 32.1. The lowest BCUT2D eigenvalue weighted by atomic mass is 10.0. The van der Waals surface area contributed by atoms with Crippen LogP contribution in [0.1, 0.15) is 29.4 Å². The zero-order chi connectivity index (χ0) is 11.5. The van der Waals surface area contributed by atoms with Gasteiger partial charge < -0.3 is 10.1 Å². The van der Waals surface area contributed by atoms with E-state index in [2.05, 4.69) is 17.9 Å². The molecule has 88 valence electrons. The van der Waals surface area contributed by atoms with Crippen LogP contribution >= 0.6 is 24.0 Å². The van der Waals surface area contributed by atoms with E-state index < -0.39 is 0 Å². The third-order valence-corrected chi connectivity index (χ3v) is 3.99. The lowest BCUT2D eigenvalue weighted by Crippen LogP contribution is -2.41. The summed E-state index contributed by atoms with van der Waals surface area (Å²) in [6.45, 7) is 2.77. The minimum atomic E-state index is 0.00407. The van der Waals surface area contributed by atoms with E-state index in [1.165, 1.54) is 11.3 Å². The molecule has 0 radical (unpaired) electrons. The van der Waals surface area contributed by atoms with Gasteiger partial charge in [0.2, 0.25) is 0 Å². The number of rotatable bonds is 2. The predicted molar refractivity (Wildman–Crippen MR) is 67.5 cm³/mol. The van der Waals surface area contributed by atoms with Gasteiger partial charge in [-0.25, -0.2) is 0 Å². The fourth-order valence-corrected chi connectivity index (χ4v) is 2.88. The zero-order valence-electron chi connectivity index (χ0n) is 9.10. The van der Waals surface area contributed by atoms with Crippen LogP contribution in [-0.4, -0.2) is 24.7 Å². The molecule has 1 aliphatic rings. The fraction of sp³-hybridized carbons (Fsp3) is 0.545. The summed E-state index contributed by atoms with van der Waals surface area (Å²) in [6, 6.07) is 2.04. The van der Waals surface area contributed by atoms with Gasteiger partial charge in [-0.3, -0.25) is 4.79 Å². The van der Waals surface area contributed by atoms with Crippen LogP contribution < -0.4 is 5.32 Å². The van der Waals surface area contributed by atoms with Gasteiger partial charge in [-0.15, -0.1) is 24.0 Å². The second-order valence-corrected chi connectivity index (χ2v) is 5.47. The Morgan fingerprint density at radius 3 is 3.12 bits per heavy atom. The molecular formula is C11H15NO2S2. The molecule has 1 aromatic heterocycles. The SMILES string of the molecule is CC1CC(NC(=O)c2cc(S)cs2)CCO1. The van der Waals surface area contributed by atoms with Gasteiger partial charge in [0.05, 0.1) is 11.0 Å². The van der Waals surface area contributed by atoms with E-state index in [1.807, 2.05) is 12.3 Å². The molecule has 2 heterocycles. The minimum Gasteiger partial charge on any atom is -0.378 e. The summed E-state index contributed by atoms with van der Waals surface area (Å²) in [6.07, 6.45) is 2.03. The van der Waals surface area contributed by atoms with Crippen LogP contribution in [-0.2, 0) is 4.74 Å². The molecule has 1 amide bonds. The number of nitrogens with one attached hydrogen (secondary N) is 1. The maximum Gasteiger partial charge on any atom is 0.261 e. The molecular weight excluding hydrogens is 242 g/mol. The number of hydrogen-bond donors (Lipinski definition) is 2. The lowest BCUT2D eigenvalue weighted by Gasteiger charge is -2.27. The van der Waals surface area contributed by atoms with E-state index in [0.717, 1.165) is 29.2 Å². The summed E-state index contributed by atoms with van der Waals surface area (Å²) in [7, 11) is 0. The molecule has 2 atom stereocenters. The molecule has 0 saturated carbocycles. The van der Waals surface area contributed by atoms with E-state index in [4.69, 9.17) is 4.74 Å². The number of carbonyl (C=O) groups is 1. The summed E-state index contributed by atoms with van der Waals surface area (Å²) in [4.78, 5) is 13.4. The molecule has 0 bridgehead atoms. The van der Waals surface area contributed by atoms with Crippen molar-refractivity contribution < 1.29 is 9.53 Å². The van der Waals surface area contributed by atoms with Gasteiger partial charge in [0.15, 0.2) is 0 Å². The van der Waals surface area contributed by atoms with Crippen molar-refractivity contribution in [3.63, 3.8) is 0 Å². The van der Waals surface area contributed by atoms with E-state index in [-0.39, 0.29) is 18.1 Å². The number of hydrogen-bond acceptors (Lipinski definition) is 4. The Morgan fingerprint density at radius 2 is 2.50 bits per heavy atom. The van der Waals surface area contributed by atoms with Gasteiger partial charge >= 0.3 is 0 Å². The summed E-state index contributed by atoms with van der Waals surface area (Å²) in [5.74, 6) is 0.00407. The molecule has 0 aliphatic carbocycles. The Balaban J connectivity index is 1.92. The van der Waals surface area contributed by atoms with E-state index >= 15 is 0 Å². The van der Waals surface area contributed by atoms with Crippen molar-refractivity contribution in [3.05, 3.63) is 16.3 Å². The normalized spacial score (nSPS) is 25.4. The maximum atomic E-state index is 11.9. The van der Waals surface area contributed by atoms with Gasteiger partial charge in [0.25, 0.3) is 5.91 Å². The number of ether oxygens (including phenoxy) is 1. The maximum absolute atomic E-state index is 11.9. The second kappa shape index (κ2) is 5.21. The quantitative estimate of drug-likeness (QED) is 0.798. The smallest absolute Gasteiger partial charge is 0.261 e. The van der Waals surface area contributed by atoms with Crippen LogP contribution in [0.25, 0.3) is 0 Å². The molecule has 1 aliphatic heterocycles. The molecule has 1 N–H and O–H groups in total. The number of thiol groups is 1. The Kier molecular flexibility index (Phi) is 3.89. The first-order valence-electron chi connectivity index (χ1n) is 5.35. The highest BCUT2D eigenvalue weighted by Gasteiger charge is 2.21. The summed E-state index contributed by atoms with van der Waals surface area (Å²) in [5.41, 5.74) is 0. The molecule has 0 aromatic carbocycles. The monoisotopic (exact) mass is 257 g/mol. The van der Waals surface area contributed by atoms with Crippen LogP contribution in [0.3, 0.4) is 0 Å². The Bertz CT molecular complexity index is 378. The fourth-order valence-electron chi connectivity index (χ4n) is 1.83. The van der Waals surface area contributed by atoms with Crippen LogP contribution in [0, 0.1) is 0 Å². The molecule has 1 aromatic rings. The topological polar surface area (TPSA) is 38.3 Å². The molecule has 1 fully saturated rings. The standard InChI is InChI=1S/C11H15NO2S2/c1-7-4-8(2-3-14-7)12-11(13)10-5-9(15)6-16-10/h5-8,15H,2-4H2,1H3,(H,12,13). The number of carbonyl (C=O) groups excluding carboxylic acids is 1. The van der Waals surface area contributed by atoms with Crippen LogP contribution in [0.15, 0.2) is 16.3 Å². The van der Waals surface area contributed by atoms with Crippen LogP contribution in [0.2, 0.25) is 0 Å². The third-order valence-electron chi connectivity index (χ3n) is 2.63. The first-order valence-corrected chi connectivity index (χ1v) is 6.68. The molecule has 5 heteroatoms. The van der Waals surface area contributed by atoms with Gasteiger partial charge in [-0.05, 0) is 25.8 Å². The Labute approximate surface area is 105 Å². The first kappa shape index (κ1) is 12.0. The zero-order valence-corrected chi connectivity index (χ0v) is 10.8. The number of thiophene rings is 1. The van der Waals surface area contributed by atoms with Crippen LogP contribution in [0.4, 0.5) is 0 Å². The van der Waals surface area contributed by atoms with Crippen molar-refractivity contribution in [3.8, 4) is 0 Å². The minimum absolute atomic E-state index is 0.00407. The molecule has 2 rings (SSSR count). The number of amides is 1. The van der Waals surface area contributed by atoms with E-state index in [0.29, 0.717) is 0 Å². The molecule has 16 heavy (non-hydrogen) atoms. The van der Waals surface area contributed by atoms with Crippen molar-refractivity contribution in [2.24, 2.45) is 0 Å². The van der Waals surface area contributed by atoms with E-state index in [9.17, 15) is 4.79 Å². The largest absolute Gasteiger partial charge is 0.378 e. The highest BCUT2D eigenvalue weighted by Crippen LogP contribution is 2.19. The third kappa shape index (κ3) is 2.99. The molecule has 2 unspecified atom stereocenters. The predicted octanol–water partition coefficient (Wildman–Crippen LogP) is 2.33. The summed E-state index contributed by atoms with van der Waals surface area (Å²) in [5, 5.41) is 4.90. The second-order valence-electron chi connectivity index (χ2n) is 4.05. The average Bonchev–Trinajstić information content (AvgIpc) is 2.65. The van der Waals surface area contributed by atoms with Crippen molar-refractivity contribution in [2.45, 2.75) is 36.8 Å². The highest BCUT2D eigenvalue weighted by molar-refractivity contribution is 7.80. The Hall–Kier alpha value is -0.520. The van der Waals surface area contributed by atoms with Crippen molar-refractivity contribution in [2.75, 3.05) is 6.61 Å². The van der Waals surface area contributed by atoms with Gasteiger partial charge in [-0.1, -0.05) is 0 Å². The van der Waals surface area contributed by atoms with E-state index in [1.54, 1.807) is 6.07 Å².